The first-order valence-electron chi connectivity index (χ1n) is 2.63. The summed E-state index contributed by atoms with van der Waals surface area (Å²) in [5, 5.41) is 0. The van der Waals surface area contributed by atoms with E-state index < -0.39 is 5.66 Å². The van der Waals surface area contributed by atoms with E-state index in [1.807, 2.05) is 6.42 Å². The quantitative estimate of drug-likeness (QED) is 0.419. The maximum absolute atomic E-state index is 5.50. The Labute approximate surface area is 43.9 Å². The summed E-state index contributed by atoms with van der Waals surface area (Å²) in [6.07, 6.45) is 5.18. The van der Waals surface area contributed by atoms with Crippen LogP contribution in [0, 0.1) is 6.42 Å². The second kappa shape index (κ2) is 1.46. The molecular weight excluding hydrogens is 88.1 g/mol. The second-order valence-electron chi connectivity index (χ2n) is 2.21. The summed E-state index contributed by atoms with van der Waals surface area (Å²) in [6, 6.07) is 0. The summed E-state index contributed by atoms with van der Waals surface area (Å²) in [5.41, 5.74) is 10.6. The highest BCUT2D eigenvalue weighted by Gasteiger charge is 2.23. The summed E-state index contributed by atoms with van der Waals surface area (Å²) in [5.74, 6) is 0. The summed E-state index contributed by atoms with van der Waals surface area (Å²) >= 11 is 0. The molecule has 2 heteroatoms. The lowest BCUT2D eigenvalue weighted by Gasteiger charge is -2.14. The van der Waals surface area contributed by atoms with Crippen LogP contribution in [-0.4, -0.2) is 5.66 Å². The Balaban J connectivity index is 2.40. The molecule has 1 rings (SSSR count). The van der Waals surface area contributed by atoms with Crippen LogP contribution in [0.1, 0.15) is 19.3 Å². The van der Waals surface area contributed by atoms with Crippen molar-refractivity contribution in [3.8, 4) is 0 Å². The topological polar surface area (TPSA) is 52.0 Å². The molecule has 1 saturated carbocycles. The molecule has 0 atom stereocenters. The number of hydrogen-bond donors (Lipinski definition) is 2. The minimum Gasteiger partial charge on any atom is -0.313 e. The van der Waals surface area contributed by atoms with Crippen LogP contribution in [0.3, 0.4) is 0 Å². The van der Waals surface area contributed by atoms with Crippen molar-refractivity contribution in [3.05, 3.63) is 6.42 Å². The summed E-state index contributed by atoms with van der Waals surface area (Å²) < 4.78 is 0. The Morgan fingerprint density at radius 3 is 2.29 bits per heavy atom. The van der Waals surface area contributed by atoms with Crippen molar-refractivity contribution in [2.24, 2.45) is 11.5 Å². The van der Waals surface area contributed by atoms with Crippen molar-refractivity contribution in [2.45, 2.75) is 24.9 Å². The normalized spacial score (nSPS) is 28.3. The fourth-order valence-corrected chi connectivity index (χ4v) is 0.881. The van der Waals surface area contributed by atoms with Crippen molar-refractivity contribution < 1.29 is 0 Å². The van der Waals surface area contributed by atoms with Crippen molar-refractivity contribution in [1.82, 2.24) is 0 Å². The Morgan fingerprint density at radius 1 is 1.43 bits per heavy atom. The molecule has 4 N–H and O–H groups in total. The predicted molar refractivity (Wildman–Crippen MR) is 29.3 cm³/mol. The van der Waals surface area contributed by atoms with Gasteiger partial charge in [0, 0.05) is 0 Å². The maximum atomic E-state index is 5.50. The Morgan fingerprint density at radius 2 is 2.14 bits per heavy atom. The molecule has 1 aliphatic carbocycles. The fourth-order valence-electron chi connectivity index (χ4n) is 0.881. The van der Waals surface area contributed by atoms with Gasteiger partial charge in [-0.3, -0.25) is 0 Å². The van der Waals surface area contributed by atoms with E-state index in [1.165, 1.54) is 0 Å². The average molecular weight is 99.2 g/mol. The minimum absolute atomic E-state index is 0.431. The molecule has 0 unspecified atom stereocenters. The van der Waals surface area contributed by atoms with Crippen LogP contribution in [0.5, 0.6) is 0 Å². The lowest BCUT2D eigenvalue weighted by molar-refractivity contribution is 0.529. The van der Waals surface area contributed by atoms with E-state index in [1.54, 1.807) is 0 Å². The van der Waals surface area contributed by atoms with Gasteiger partial charge in [0.2, 0.25) is 0 Å². The summed E-state index contributed by atoms with van der Waals surface area (Å²) in [7, 11) is 0. The molecular formula is C5H11N2. The van der Waals surface area contributed by atoms with Crippen LogP contribution in [-0.2, 0) is 0 Å². The first kappa shape index (κ1) is 5.06. The predicted octanol–water partition coefficient (Wildman–Crippen LogP) is -0.0117. The summed E-state index contributed by atoms with van der Waals surface area (Å²) in [4.78, 5) is 0. The lowest BCUT2D eigenvalue weighted by atomic mass is 10.2. The van der Waals surface area contributed by atoms with Gasteiger partial charge in [-0.1, -0.05) is 0 Å². The zero-order chi connectivity index (χ0) is 5.33. The van der Waals surface area contributed by atoms with Crippen LogP contribution in [0.25, 0.3) is 0 Å². The molecule has 0 bridgehead atoms. The standard InChI is InChI=1S/C5H11N2/c6-5(7)3-1-2-4-5/h3H,1-2,4,6-7H2. The third kappa shape index (κ3) is 1.14. The van der Waals surface area contributed by atoms with E-state index in [2.05, 4.69) is 0 Å². The molecule has 0 saturated heterocycles. The first-order chi connectivity index (χ1) is 3.21. The molecule has 0 spiro atoms. The Kier molecular flexibility index (Phi) is 1.05. The van der Waals surface area contributed by atoms with Crippen molar-refractivity contribution in [1.29, 1.82) is 0 Å². The van der Waals surface area contributed by atoms with E-state index in [0.717, 1.165) is 19.3 Å². The monoisotopic (exact) mass is 99.1 g/mol. The summed E-state index contributed by atoms with van der Waals surface area (Å²) in [6.45, 7) is 0. The molecule has 0 aromatic heterocycles. The minimum atomic E-state index is -0.431. The number of hydrogen-bond acceptors (Lipinski definition) is 2. The van der Waals surface area contributed by atoms with Gasteiger partial charge in [-0.25, -0.2) is 0 Å². The molecule has 2 nitrogen and oxygen atoms in total. The third-order valence-electron chi connectivity index (χ3n) is 1.34. The highest BCUT2D eigenvalue weighted by Crippen LogP contribution is 2.20. The molecule has 1 fully saturated rings. The molecule has 41 valence electrons. The van der Waals surface area contributed by atoms with Gasteiger partial charge in [0.15, 0.2) is 0 Å². The van der Waals surface area contributed by atoms with Gasteiger partial charge in [-0.15, -0.1) is 0 Å². The van der Waals surface area contributed by atoms with E-state index in [0.29, 0.717) is 0 Å². The van der Waals surface area contributed by atoms with Crippen molar-refractivity contribution >= 4 is 0 Å². The molecule has 1 aliphatic rings. The maximum Gasteiger partial charge on any atom is 0.0669 e. The van der Waals surface area contributed by atoms with Crippen LogP contribution >= 0.6 is 0 Å². The lowest BCUT2D eigenvalue weighted by Crippen LogP contribution is -2.46. The SMILES string of the molecule is NC1(N)[CH]CCC1. The zero-order valence-corrected chi connectivity index (χ0v) is 4.35. The highest BCUT2D eigenvalue weighted by atomic mass is 15.0. The zero-order valence-electron chi connectivity index (χ0n) is 4.35. The molecule has 0 aromatic carbocycles. The molecule has 0 heterocycles. The van der Waals surface area contributed by atoms with Crippen molar-refractivity contribution in [2.75, 3.05) is 0 Å². The fraction of sp³-hybridized carbons (Fsp3) is 0.800. The van der Waals surface area contributed by atoms with Gasteiger partial charge in [-0.2, -0.15) is 0 Å². The van der Waals surface area contributed by atoms with Gasteiger partial charge >= 0.3 is 0 Å². The van der Waals surface area contributed by atoms with E-state index in [4.69, 9.17) is 11.5 Å². The Bertz CT molecular complexity index is 60.5. The van der Waals surface area contributed by atoms with E-state index in [-0.39, 0.29) is 0 Å². The van der Waals surface area contributed by atoms with Crippen LogP contribution in [0.4, 0.5) is 0 Å². The highest BCUT2D eigenvalue weighted by molar-refractivity contribution is 4.97. The smallest absolute Gasteiger partial charge is 0.0669 e. The second-order valence-corrected chi connectivity index (χ2v) is 2.21. The average Bonchev–Trinajstić information content (AvgIpc) is 1.84. The molecule has 1 radical (unpaired) electrons. The number of rotatable bonds is 0. The van der Waals surface area contributed by atoms with E-state index >= 15 is 0 Å². The van der Waals surface area contributed by atoms with Crippen LogP contribution < -0.4 is 11.5 Å². The van der Waals surface area contributed by atoms with Crippen molar-refractivity contribution in [3.63, 3.8) is 0 Å². The van der Waals surface area contributed by atoms with Gasteiger partial charge in [0.05, 0.1) is 5.66 Å². The molecule has 0 amide bonds. The third-order valence-corrected chi connectivity index (χ3v) is 1.34. The molecule has 0 aliphatic heterocycles. The first-order valence-corrected chi connectivity index (χ1v) is 2.63. The largest absolute Gasteiger partial charge is 0.313 e. The van der Waals surface area contributed by atoms with Crippen LogP contribution in [0.15, 0.2) is 0 Å². The van der Waals surface area contributed by atoms with Gasteiger partial charge in [0.25, 0.3) is 0 Å². The van der Waals surface area contributed by atoms with Gasteiger partial charge in [0.1, 0.15) is 0 Å². The van der Waals surface area contributed by atoms with Crippen LogP contribution in [0.2, 0.25) is 0 Å². The van der Waals surface area contributed by atoms with Gasteiger partial charge < -0.3 is 11.5 Å². The molecule has 0 aromatic rings. The molecule has 7 heavy (non-hydrogen) atoms. The van der Waals surface area contributed by atoms with E-state index in [9.17, 15) is 0 Å². The number of nitrogens with two attached hydrogens (primary N) is 2. The van der Waals surface area contributed by atoms with Gasteiger partial charge in [-0.05, 0) is 25.7 Å². The Hall–Kier alpha value is -0.0800.